The summed E-state index contributed by atoms with van der Waals surface area (Å²) in [5.74, 6) is -0.274. The van der Waals surface area contributed by atoms with Gasteiger partial charge in [-0.05, 0) is 49.6 Å². The number of nitrogen functional groups attached to an aromatic ring is 1. The highest BCUT2D eigenvalue weighted by atomic mass is 19.1. The number of carbonyl (C=O) groups is 1. The number of carbonyl (C=O) groups excluding carboxylic acids is 1. The maximum atomic E-state index is 14.6. The van der Waals surface area contributed by atoms with Crippen molar-refractivity contribution in [3.05, 3.63) is 58.9 Å². The number of halogens is 1. The van der Waals surface area contributed by atoms with E-state index in [2.05, 4.69) is 0 Å². The highest BCUT2D eigenvalue weighted by molar-refractivity contribution is 6.09. The van der Waals surface area contributed by atoms with Crippen LogP contribution < -0.4 is 10.6 Å². The molecule has 1 aliphatic heterocycles. The van der Waals surface area contributed by atoms with Gasteiger partial charge in [0.05, 0.1) is 5.69 Å². The number of rotatable bonds is 1. The van der Waals surface area contributed by atoms with Crippen molar-refractivity contribution in [3.8, 4) is 0 Å². The molecule has 1 spiro atoms. The number of anilines is 2. The van der Waals surface area contributed by atoms with Crippen molar-refractivity contribution in [1.82, 2.24) is 0 Å². The maximum absolute atomic E-state index is 14.6. The lowest BCUT2D eigenvalue weighted by atomic mass is 9.80. The fraction of sp³-hybridized carbons (Fsp3) is 0.350. The van der Waals surface area contributed by atoms with E-state index in [9.17, 15) is 9.18 Å². The molecule has 2 aliphatic rings. The second kappa shape index (κ2) is 5.33. The number of fused-ring (bicyclic) bond motifs is 2. The Morgan fingerprint density at radius 3 is 2.71 bits per heavy atom. The van der Waals surface area contributed by atoms with Gasteiger partial charge in [0.1, 0.15) is 5.82 Å². The van der Waals surface area contributed by atoms with Crippen molar-refractivity contribution in [2.45, 2.75) is 38.0 Å². The van der Waals surface area contributed by atoms with E-state index in [0.717, 1.165) is 42.5 Å². The van der Waals surface area contributed by atoms with E-state index in [1.807, 2.05) is 19.1 Å². The first-order valence-electron chi connectivity index (χ1n) is 8.49. The molecule has 124 valence electrons. The average molecular weight is 324 g/mol. The van der Waals surface area contributed by atoms with Crippen LogP contribution in [0.5, 0.6) is 0 Å². The van der Waals surface area contributed by atoms with Gasteiger partial charge in [0.25, 0.3) is 5.91 Å². The van der Waals surface area contributed by atoms with Gasteiger partial charge in [-0.2, -0.15) is 0 Å². The van der Waals surface area contributed by atoms with Crippen LogP contribution in [0, 0.1) is 12.7 Å². The molecule has 0 radical (unpaired) electrons. The number of benzene rings is 2. The molecule has 2 aromatic carbocycles. The van der Waals surface area contributed by atoms with Gasteiger partial charge >= 0.3 is 0 Å². The van der Waals surface area contributed by atoms with Crippen LogP contribution in [0.2, 0.25) is 0 Å². The Balaban J connectivity index is 1.82. The molecule has 2 N–H and O–H groups in total. The third kappa shape index (κ3) is 2.13. The molecule has 0 saturated heterocycles. The van der Waals surface area contributed by atoms with Crippen LogP contribution in [-0.2, 0) is 5.41 Å². The van der Waals surface area contributed by atoms with Gasteiger partial charge in [-0.15, -0.1) is 0 Å². The summed E-state index contributed by atoms with van der Waals surface area (Å²) in [5.41, 5.74) is 9.16. The number of amides is 1. The van der Waals surface area contributed by atoms with E-state index in [-0.39, 0.29) is 17.1 Å². The summed E-state index contributed by atoms with van der Waals surface area (Å²) < 4.78 is 14.6. The van der Waals surface area contributed by atoms with Crippen LogP contribution >= 0.6 is 0 Å². The number of hydrogen-bond acceptors (Lipinski definition) is 2. The molecule has 0 aromatic heterocycles. The SMILES string of the molecule is Cc1ccc(N)cc1C(=O)N1CC2(CCCC2)c2c(F)cccc21. The van der Waals surface area contributed by atoms with Crippen LogP contribution in [-0.4, -0.2) is 12.5 Å². The fourth-order valence-electron chi connectivity index (χ4n) is 4.39. The first-order valence-corrected chi connectivity index (χ1v) is 8.49. The first-order chi connectivity index (χ1) is 11.5. The summed E-state index contributed by atoms with van der Waals surface area (Å²) >= 11 is 0. The predicted molar refractivity (Wildman–Crippen MR) is 93.8 cm³/mol. The summed E-state index contributed by atoms with van der Waals surface area (Å²) in [6.45, 7) is 2.47. The molecule has 2 aromatic rings. The van der Waals surface area contributed by atoms with Gasteiger partial charge in [-0.3, -0.25) is 4.79 Å². The first kappa shape index (κ1) is 15.2. The minimum Gasteiger partial charge on any atom is -0.399 e. The van der Waals surface area contributed by atoms with Crippen LogP contribution in [0.1, 0.15) is 47.2 Å². The topological polar surface area (TPSA) is 46.3 Å². The summed E-state index contributed by atoms with van der Waals surface area (Å²) in [4.78, 5) is 14.9. The van der Waals surface area contributed by atoms with Crippen molar-refractivity contribution >= 4 is 17.3 Å². The molecule has 0 bridgehead atoms. The minimum absolute atomic E-state index is 0.0876. The Hall–Kier alpha value is -2.36. The average Bonchev–Trinajstić information content (AvgIpc) is 3.16. The third-order valence-corrected chi connectivity index (χ3v) is 5.57. The van der Waals surface area contributed by atoms with Crippen molar-refractivity contribution in [3.63, 3.8) is 0 Å². The Morgan fingerprint density at radius 1 is 1.21 bits per heavy atom. The van der Waals surface area contributed by atoms with Gasteiger partial charge in [-0.25, -0.2) is 4.39 Å². The number of aryl methyl sites for hydroxylation is 1. The number of nitrogens with two attached hydrogens (primary N) is 1. The molecule has 1 saturated carbocycles. The summed E-state index contributed by atoms with van der Waals surface area (Å²) in [6.07, 6.45) is 4.07. The molecule has 4 heteroatoms. The van der Waals surface area contributed by atoms with E-state index >= 15 is 0 Å². The third-order valence-electron chi connectivity index (χ3n) is 5.57. The molecule has 1 heterocycles. The molecular formula is C20H21FN2O. The zero-order valence-electron chi connectivity index (χ0n) is 13.8. The standard InChI is InChI=1S/C20H21FN2O/c1-13-7-8-14(22)11-15(13)19(24)23-12-20(9-2-3-10-20)18-16(21)5-4-6-17(18)23/h4-8,11H,2-3,9-10,12,22H2,1H3. The van der Waals surface area contributed by atoms with Gasteiger partial charge in [-0.1, -0.05) is 25.0 Å². The highest BCUT2D eigenvalue weighted by Gasteiger charge is 2.48. The number of nitrogens with zero attached hydrogens (tertiary/aromatic N) is 1. The molecule has 0 atom stereocenters. The van der Waals surface area contributed by atoms with Crippen molar-refractivity contribution in [2.75, 3.05) is 17.2 Å². The quantitative estimate of drug-likeness (QED) is 0.800. The van der Waals surface area contributed by atoms with E-state index in [1.165, 1.54) is 6.07 Å². The van der Waals surface area contributed by atoms with Crippen molar-refractivity contribution < 1.29 is 9.18 Å². The van der Waals surface area contributed by atoms with E-state index in [4.69, 9.17) is 5.73 Å². The van der Waals surface area contributed by atoms with Crippen LogP contribution in [0.25, 0.3) is 0 Å². The van der Waals surface area contributed by atoms with Crippen molar-refractivity contribution in [1.29, 1.82) is 0 Å². The van der Waals surface area contributed by atoms with E-state index in [1.54, 1.807) is 23.1 Å². The lowest BCUT2D eigenvalue weighted by Gasteiger charge is -2.25. The Bertz CT molecular complexity index is 824. The summed E-state index contributed by atoms with van der Waals surface area (Å²) in [5, 5.41) is 0. The van der Waals surface area contributed by atoms with Crippen molar-refractivity contribution in [2.24, 2.45) is 0 Å². The monoisotopic (exact) mass is 324 g/mol. The van der Waals surface area contributed by atoms with Crippen LogP contribution in [0.3, 0.4) is 0 Å². The Labute approximate surface area is 141 Å². The molecule has 0 unspecified atom stereocenters. The second-order valence-corrected chi connectivity index (χ2v) is 7.09. The zero-order chi connectivity index (χ0) is 16.9. The molecule has 4 rings (SSSR count). The largest absolute Gasteiger partial charge is 0.399 e. The van der Waals surface area contributed by atoms with Gasteiger partial charge in [0.2, 0.25) is 0 Å². The molecule has 24 heavy (non-hydrogen) atoms. The fourth-order valence-corrected chi connectivity index (χ4v) is 4.39. The van der Waals surface area contributed by atoms with E-state index in [0.29, 0.717) is 17.8 Å². The smallest absolute Gasteiger partial charge is 0.258 e. The Morgan fingerprint density at radius 2 is 1.96 bits per heavy atom. The van der Waals surface area contributed by atoms with Gasteiger partial charge in [0, 0.05) is 28.8 Å². The van der Waals surface area contributed by atoms with Gasteiger partial charge in [0.15, 0.2) is 0 Å². The maximum Gasteiger partial charge on any atom is 0.258 e. The summed E-state index contributed by atoms with van der Waals surface area (Å²) in [7, 11) is 0. The van der Waals surface area contributed by atoms with Gasteiger partial charge < -0.3 is 10.6 Å². The normalized spacial score (nSPS) is 18.2. The Kier molecular flexibility index (Phi) is 3.37. The lowest BCUT2D eigenvalue weighted by molar-refractivity contribution is 0.0984. The highest BCUT2D eigenvalue weighted by Crippen LogP contribution is 2.51. The second-order valence-electron chi connectivity index (χ2n) is 7.09. The van der Waals surface area contributed by atoms with Crippen LogP contribution in [0.4, 0.5) is 15.8 Å². The number of hydrogen-bond donors (Lipinski definition) is 1. The molecule has 3 nitrogen and oxygen atoms in total. The van der Waals surface area contributed by atoms with Crippen LogP contribution in [0.15, 0.2) is 36.4 Å². The molecule has 1 aliphatic carbocycles. The lowest BCUT2D eigenvalue weighted by Crippen LogP contribution is -2.36. The minimum atomic E-state index is -0.218. The van der Waals surface area contributed by atoms with E-state index < -0.39 is 0 Å². The zero-order valence-corrected chi connectivity index (χ0v) is 13.8. The molecular weight excluding hydrogens is 303 g/mol. The molecule has 1 fully saturated rings. The summed E-state index contributed by atoms with van der Waals surface area (Å²) in [6, 6.07) is 10.4. The predicted octanol–water partition coefficient (Wildman–Crippen LogP) is 4.19. The molecule has 1 amide bonds.